The van der Waals surface area contributed by atoms with Crippen LogP contribution in [0.15, 0.2) is 0 Å². The molecule has 1 aliphatic carbocycles. The van der Waals surface area contributed by atoms with Gasteiger partial charge in [-0.1, -0.05) is 12.8 Å². The quantitative estimate of drug-likeness (QED) is 0.837. The van der Waals surface area contributed by atoms with Gasteiger partial charge < -0.3 is 20.7 Å². The minimum atomic E-state index is -0.428. The first-order valence-electron chi connectivity index (χ1n) is 9.26. The molecule has 2 rings (SSSR count). The number of ether oxygens (including phenoxy) is 1. The highest BCUT2D eigenvalue weighted by atomic mass is 16.6. The van der Waals surface area contributed by atoms with E-state index in [1.807, 2.05) is 25.7 Å². The Morgan fingerprint density at radius 2 is 1.96 bits per heavy atom. The molecular formula is C18H35N3O2. The molecule has 0 aromatic carbocycles. The second-order valence-corrected chi connectivity index (χ2v) is 8.30. The summed E-state index contributed by atoms with van der Waals surface area (Å²) in [6, 6.07) is 1.26. The molecule has 23 heavy (non-hydrogen) atoms. The molecule has 0 aromatic rings. The summed E-state index contributed by atoms with van der Waals surface area (Å²) >= 11 is 0. The first-order chi connectivity index (χ1) is 10.8. The molecule has 0 aromatic heterocycles. The number of nitrogens with two attached hydrogens (primary N) is 1. The van der Waals surface area contributed by atoms with E-state index < -0.39 is 5.60 Å². The molecule has 1 saturated heterocycles. The van der Waals surface area contributed by atoms with Crippen LogP contribution >= 0.6 is 0 Å². The van der Waals surface area contributed by atoms with Crippen molar-refractivity contribution in [2.24, 2.45) is 11.7 Å². The molecule has 0 radical (unpaired) electrons. The molecule has 0 bridgehead atoms. The normalized spacial score (nSPS) is 32.7. The third-order valence-corrected chi connectivity index (χ3v) is 5.17. The maximum atomic E-state index is 12.3. The second-order valence-electron chi connectivity index (χ2n) is 8.30. The summed E-state index contributed by atoms with van der Waals surface area (Å²) in [5.74, 6) is 0.614. The van der Waals surface area contributed by atoms with Gasteiger partial charge >= 0.3 is 6.09 Å². The Morgan fingerprint density at radius 1 is 1.26 bits per heavy atom. The molecule has 2 fully saturated rings. The van der Waals surface area contributed by atoms with Crippen molar-refractivity contribution in [1.82, 2.24) is 10.2 Å². The molecule has 3 N–H and O–H groups in total. The van der Waals surface area contributed by atoms with Gasteiger partial charge in [0.2, 0.25) is 0 Å². The molecule has 4 unspecified atom stereocenters. The Labute approximate surface area is 141 Å². The van der Waals surface area contributed by atoms with E-state index >= 15 is 0 Å². The van der Waals surface area contributed by atoms with Crippen molar-refractivity contribution in [3.63, 3.8) is 0 Å². The van der Waals surface area contributed by atoms with Gasteiger partial charge in [-0.15, -0.1) is 0 Å². The fourth-order valence-corrected chi connectivity index (χ4v) is 3.93. The van der Waals surface area contributed by atoms with Gasteiger partial charge in [-0.05, 0) is 65.8 Å². The maximum Gasteiger partial charge on any atom is 0.410 e. The number of carbonyl (C=O) groups is 1. The maximum absolute atomic E-state index is 12.3. The van der Waals surface area contributed by atoms with Crippen molar-refractivity contribution in [1.29, 1.82) is 0 Å². The average Bonchev–Trinajstić information content (AvgIpc) is 2.46. The lowest BCUT2D eigenvalue weighted by molar-refractivity contribution is 0.00845. The molecule has 1 saturated carbocycles. The van der Waals surface area contributed by atoms with Gasteiger partial charge in [-0.25, -0.2) is 4.79 Å². The molecule has 0 spiro atoms. The minimum Gasteiger partial charge on any atom is -0.444 e. The van der Waals surface area contributed by atoms with Crippen LogP contribution in [0.4, 0.5) is 4.79 Å². The Bertz CT molecular complexity index is 394. The van der Waals surface area contributed by atoms with Crippen molar-refractivity contribution in [3.05, 3.63) is 0 Å². The van der Waals surface area contributed by atoms with Crippen molar-refractivity contribution in [3.8, 4) is 0 Å². The molecule has 1 heterocycles. The number of piperidine rings is 1. The van der Waals surface area contributed by atoms with Crippen molar-refractivity contribution in [2.45, 2.75) is 89.9 Å². The predicted molar refractivity (Wildman–Crippen MR) is 93.4 cm³/mol. The SMILES string of the molecule is CC1CC(NC2CCCCC2CN)CCN1C(=O)OC(C)(C)C. The Balaban J connectivity index is 1.84. The highest BCUT2D eigenvalue weighted by Crippen LogP contribution is 2.26. The average molecular weight is 325 g/mol. The molecule has 5 heteroatoms. The zero-order valence-corrected chi connectivity index (χ0v) is 15.3. The van der Waals surface area contributed by atoms with Crippen LogP contribution < -0.4 is 11.1 Å². The van der Waals surface area contributed by atoms with Gasteiger partial charge in [0.05, 0.1) is 0 Å². The van der Waals surface area contributed by atoms with Gasteiger partial charge in [-0.3, -0.25) is 0 Å². The monoisotopic (exact) mass is 325 g/mol. The van der Waals surface area contributed by atoms with Crippen LogP contribution in [0.2, 0.25) is 0 Å². The Hall–Kier alpha value is -0.810. The molecule has 2 aliphatic rings. The molecule has 1 aliphatic heterocycles. The molecule has 134 valence electrons. The molecule has 4 atom stereocenters. The first-order valence-corrected chi connectivity index (χ1v) is 9.26. The zero-order chi connectivity index (χ0) is 17.0. The number of likely N-dealkylation sites (tertiary alicyclic amines) is 1. The largest absolute Gasteiger partial charge is 0.444 e. The topological polar surface area (TPSA) is 67.6 Å². The van der Waals surface area contributed by atoms with Crippen LogP contribution in [0.5, 0.6) is 0 Å². The number of nitrogens with zero attached hydrogens (tertiary/aromatic N) is 1. The Morgan fingerprint density at radius 3 is 2.57 bits per heavy atom. The van der Waals surface area contributed by atoms with Crippen LogP contribution in [0, 0.1) is 5.92 Å². The van der Waals surface area contributed by atoms with E-state index in [2.05, 4.69) is 12.2 Å². The number of hydrogen-bond acceptors (Lipinski definition) is 4. The number of nitrogens with one attached hydrogen (secondary N) is 1. The number of hydrogen-bond donors (Lipinski definition) is 2. The van der Waals surface area contributed by atoms with Gasteiger partial charge in [0.1, 0.15) is 5.60 Å². The van der Waals surface area contributed by atoms with Gasteiger partial charge in [0, 0.05) is 24.7 Å². The summed E-state index contributed by atoms with van der Waals surface area (Å²) in [7, 11) is 0. The van der Waals surface area contributed by atoms with E-state index in [9.17, 15) is 4.79 Å². The molecule has 1 amide bonds. The van der Waals surface area contributed by atoms with Crippen LogP contribution in [0.1, 0.15) is 66.2 Å². The standard InChI is InChI=1S/C18H35N3O2/c1-13-11-15(20-16-8-6-5-7-14(16)12-19)9-10-21(13)17(22)23-18(2,3)4/h13-16,20H,5-12,19H2,1-4H3. The lowest BCUT2D eigenvalue weighted by atomic mass is 9.83. The smallest absolute Gasteiger partial charge is 0.410 e. The molecular weight excluding hydrogens is 290 g/mol. The van der Waals surface area contributed by atoms with E-state index in [-0.39, 0.29) is 12.1 Å². The van der Waals surface area contributed by atoms with E-state index in [4.69, 9.17) is 10.5 Å². The number of carbonyl (C=O) groups excluding carboxylic acids is 1. The van der Waals surface area contributed by atoms with E-state index in [0.717, 1.165) is 25.9 Å². The highest BCUT2D eigenvalue weighted by Gasteiger charge is 2.34. The Kier molecular flexibility index (Phi) is 6.32. The van der Waals surface area contributed by atoms with Crippen LogP contribution in [-0.4, -0.2) is 47.8 Å². The van der Waals surface area contributed by atoms with Gasteiger partial charge in [0.25, 0.3) is 0 Å². The van der Waals surface area contributed by atoms with Gasteiger partial charge in [0.15, 0.2) is 0 Å². The van der Waals surface area contributed by atoms with Crippen molar-refractivity contribution in [2.75, 3.05) is 13.1 Å². The van der Waals surface area contributed by atoms with Crippen LogP contribution in [0.3, 0.4) is 0 Å². The van der Waals surface area contributed by atoms with Crippen molar-refractivity contribution >= 4 is 6.09 Å². The number of rotatable bonds is 3. The zero-order valence-electron chi connectivity index (χ0n) is 15.3. The van der Waals surface area contributed by atoms with E-state index in [1.54, 1.807) is 0 Å². The van der Waals surface area contributed by atoms with Crippen LogP contribution in [0.25, 0.3) is 0 Å². The van der Waals surface area contributed by atoms with E-state index in [0.29, 0.717) is 18.0 Å². The predicted octanol–water partition coefficient (Wildman–Crippen LogP) is 2.88. The summed E-state index contributed by atoms with van der Waals surface area (Å²) < 4.78 is 5.52. The minimum absolute atomic E-state index is 0.180. The summed E-state index contributed by atoms with van der Waals surface area (Å²) in [5, 5.41) is 3.84. The third-order valence-electron chi connectivity index (χ3n) is 5.17. The third kappa shape index (κ3) is 5.35. The first kappa shape index (κ1) is 18.5. The highest BCUT2D eigenvalue weighted by molar-refractivity contribution is 5.68. The second kappa shape index (κ2) is 7.84. The number of amides is 1. The molecule has 5 nitrogen and oxygen atoms in total. The summed E-state index contributed by atoms with van der Waals surface area (Å²) in [5.41, 5.74) is 5.51. The fourth-order valence-electron chi connectivity index (χ4n) is 3.93. The van der Waals surface area contributed by atoms with Crippen LogP contribution in [-0.2, 0) is 4.74 Å². The summed E-state index contributed by atoms with van der Waals surface area (Å²) in [6.45, 7) is 9.43. The lowest BCUT2D eigenvalue weighted by Gasteiger charge is -2.41. The van der Waals surface area contributed by atoms with Gasteiger partial charge in [-0.2, -0.15) is 0 Å². The van der Waals surface area contributed by atoms with E-state index in [1.165, 1.54) is 25.7 Å². The van der Waals surface area contributed by atoms with Crippen molar-refractivity contribution < 1.29 is 9.53 Å². The fraction of sp³-hybridized carbons (Fsp3) is 0.944. The summed E-state index contributed by atoms with van der Waals surface area (Å²) in [4.78, 5) is 14.2. The summed E-state index contributed by atoms with van der Waals surface area (Å²) in [6.07, 6.45) is 6.92. The lowest BCUT2D eigenvalue weighted by Crippen LogP contribution is -2.54.